The molecular weight excluding hydrogens is 461 g/mol. The van der Waals surface area contributed by atoms with Crippen molar-refractivity contribution in [3.63, 3.8) is 0 Å². The third-order valence-electron chi connectivity index (χ3n) is 5.61. The number of aromatic nitrogens is 3. The van der Waals surface area contributed by atoms with Crippen LogP contribution >= 0.6 is 0 Å². The second-order valence-corrected chi connectivity index (χ2v) is 8.28. The summed E-state index contributed by atoms with van der Waals surface area (Å²) in [5.41, 5.74) is 4.06. The topological polar surface area (TPSA) is 109 Å². The van der Waals surface area contributed by atoms with Gasteiger partial charge in [-0.1, -0.05) is 13.3 Å². The van der Waals surface area contributed by atoms with Crippen LogP contribution in [0.25, 0.3) is 33.4 Å². The number of hydrogen-bond acceptors (Lipinski definition) is 5. The van der Waals surface area contributed by atoms with Gasteiger partial charge in [-0.25, -0.2) is 14.2 Å². The van der Waals surface area contributed by atoms with E-state index in [1.54, 1.807) is 30.6 Å². The maximum Gasteiger partial charge on any atom is 0.407 e. The van der Waals surface area contributed by atoms with E-state index in [0.717, 1.165) is 40.6 Å². The standard InChI is InChI=1S/C27H28FN5O3/c1-2-3-17-36-27(35)30-14-4-5-23(34)31-22-11-10-21-24(18-12-15-29-16-13-18)25(33-26(21)32-22)19-6-8-20(28)9-7-19/h6-13,15-16H,2-5,14,17H2,1H3,(H,30,35)(H2,31,32,33,34). The number of unbranched alkanes of at least 4 members (excludes halogenated alkanes) is 1. The Morgan fingerprint density at radius 3 is 2.53 bits per heavy atom. The molecule has 0 spiro atoms. The number of amides is 2. The van der Waals surface area contributed by atoms with Crippen molar-refractivity contribution in [2.45, 2.75) is 32.6 Å². The molecule has 0 aliphatic carbocycles. The van der Waals surface area contributed by atoms with E-state index in [1.807, 2.05) is 25.1 Å². The Balaban J connectivity index is 1.46. The van der Waals surface area contributed by atoms with Gasteiger partial charge in [0.25, 0.3) is 0 Å². The molecule has 0 saturated heterocycles. The van der Waals surface area contributed by atoms with Crippen molar-refractivity contribution < 1.29 is 18.7 Å². The van der Waals surface area contributed by atoms with Crippen LogP contribution in [0.2, 0.25) is 0 Å². The average molecular weight is 490 g/mol. The van der Waals surface area contributed by atoms with Gasteiger partial charge in [0.1, 0.15) is 17.3 Å². The first-order valence-electron chi connectivity index (χ1n) is 11.9. The molecule has 186 valence electrons. The van der Waals surface area contributed by atoms with E-state index in [9.17, 15) is 14.0 Å². The van der Waals surface area contributed by atoms with Gasteiger partial charge in [-0.15, -0.1) is 0 Å². The van der Waals surface area contributed by atoms with Crippen LogP contribution in [0.15, 0.2) is 60.9 Å². The molecule has 0 aliphatic heterocycles. The summed E-state index contributed by atoms with van der Waals surface area (Å²) < 4.78 is 18.5. The summed E-state index contributed by atoms with van der Waals surface area (Å²) in [5.74, 6) is -0.109. The van der Waals surface area contributed by atoms with Gasteiger partial charge in [0, 0.05) is 36.3 Å². The predicted molar refractivity (Wildman–Crippen MR) is 137 cm³/mol. The van der Waals surface area contributed by atoms with Crippen molar-refractivity contribution in [3.8, 4) is 22.4 Å². The van der Waals surface area contributed by atoms with Crippen molar-refractivity contribution >= 4 is 28.9 Å². The van der Waals surface area contributed by atoms with Gasteiger partial charge in [0.2, 0.25) is 5.91 Å². The van der Waals surface area contributed by atoms with Gasteiger partial charge in [-0.2, -0.15) is 0 Å². The highest BCUT2D eigenvalue weighted by Gasteiger charge is 2.17. The van der Waals surface area contributed by atoms with Crippen LogP contribution in [0.5, 0.6) is 0 Å². The Kier molecular flexibility index (Phi) is 8.23. The zero-order chi connectivity index (χ0) is 25.3. The summed E-state index contributed by atoms with van der Waals surface area (Å²) in [7, 11) is 0. The maximum absolute atomic E-state index is 13.5. The summed E-state index contributed by atoms with van der Waals surface area (Å²) in [6.45, 7) is 2.76. The molecule has 0 fully saturated rings. The van der Waals surface area contributed by atoms with Crippen molar-refractivity contribution in [2.24, 2.45) is 0 Å². The molecule has 4 aromatic rings. The minimum absolute atomic E-state index is 0.206. The van der Waals surface area contributed by atoms with Crippen LogP contribution in [-0.4, -0.2) is 40.1 Å². The SMILES string of the molecule is CCCCOC(=O)NCCCC(=O)Nc1ccc2c(-c3ccncc3)c(-c3ccc(F)cc3)[nH]c2n1. The number of alkyl carbamates (subject to hydrolysis) is 1. The number of halogens is 1. The molecule has 0 radical (unpaired) electrons. The molecule has 8 nitrogen and oxygen atoms in total. The number of rotatable bonds is 10. The molecule has 0 aliphatic rings. The van der Waals surface area contributed by atoms with E-state index >= 15 is 0 Å². The number of H-pyrrole nitrogens is 1. The van der Waals surface area contributed by atoms with Crippen LogP contribution in [0.1, 0.15) is 32.6 Å². The Morgan fingerprint density at radius 2 is 1.78 bits per heavy atom. The monoisotopic (exact) mass is 489 g/mol. The van der Waals surface area contributed by atoms with Crippen molar-refractivity contribution in [3.05, 3.63) is 66.7 Å². The number of pyridine rings is 2. The van der Waals surface area contributed by atoms with Gasteiger partial charge in [0.05, 0.1) is 12.3 Å². The van der Waals surface area contributed by atoms with Gasteiger partial charge >= 0.3 is 6.09 Å². The lowest BCUT2D eigenvalue weighted by Gasteiger charge is -2.07. The van der Waals surface area contributed by atoms with Gasteiger partial charge in [-0.05, 0) is 72.5 Å². The fourth-order valence-electron chi connectivity index (χ4n) is 3.80. The fraction of sp³-hybridized carbons (Fsp3) is 0.259. The molecule has 0 bridgehead atoms. The minimum Gasteiger partial charge on any atom is -0.450 e. The number of benzene rings is 1. The van der Waals surface area contributed by atoms with Crippen LogP contribution in [-0.2, 0) is 9.53 Å². The van der Waals surface area contributed by atoms with E-state index in [-0.39, 0.29) is 18.1 Å². The zero-order valence-corrected chi connectivity index (χ0v) is 20.0. The summed E-state index contributed by atoms with van der Waals surface area (Å²) in [5, 5.41) is 6.31. The van der Waals surface area contributed by atoms with E-state index in [1.165, 1.54) is 12.1 Å². The van der Waals surface area contributed by atoms with E-state index in [4.69, 9.17) is 4.74 Å². The normalized spacial score (nSPS) is 10.8. The smallest absolute Gasteiger partial charge is 0.407 e. The first-order chi connectivity index (χ1) is 17.5. The van der Waals surface area contributed by atoms with Crippen LogP contribution in [0.3, 0.4) is 0 Å². The van der Waals surface area contributed by atoms with Gasteiger partial charge < -0.3 is 20.4 Å². The molecule has 4 rings (SSSR count). The fourth-order valence-corrected chi connectivity index (χ4v) is 3.80. The molecule has 0 saturated carbocycles. The molecule has 0 unspecified atom stereocenters. The zero-order valence-electron chi connectivity index (χ0n) is 20.0. The lowest BCUT2D eigenvalue weighted by atomic mass is 10.00. The number of hydrogen-bond donors (Lipinski definition) is 3. The number of ether oxygens (including phenoxy) is 1. The van der Waals surface area contributed by atoms with Crippen LogP contribution < -0.4 is 10.6 Å². The Labute approximate surface area is 208 Å². The lowest BCUT2D eigenvalue weighted by Crippen LogP contribution is -2.26. The largest absolute Gasteiger partial charge is 0.450 e. The molecule has 36 heavy (non-hydrogen) atoms. The highest BCUT2D eigenvalue weighted by Crippen LogP contribution is 2.38. The molecule has 3 N–H and O–H groups in total. The quantitative estimate of drug-likeness (QED) is 0.249. The summed E-state index contributed by atoms with van der Waals surface area (Å²) in [6, 6.07) is 13.7. The Morgan fingerprint density at radius 1 is 1.00 bits per heavy atom. The average Bonchev–Trinajstić information content (AvgIpc) is 3.26. The molecule has 3 heterocycles. The lowest BCUT2D eigenvalue weighted by molar-refractivity contribution is -0.116. The van der Waals surface area contributed by atoms with Crippen molar-refractivity contribution in [2.75, 3.05) is 18.5 Å². The number of nitrogens with one attached hydrogen (secondary N) is 3. The van der Waals surface area contributed by atoms with E-state index in [2.05, 4.69) is 25.6 Å². The third-order valence-corrected chi connectivity index (χ3v) is 5.61. The van der Waals surface area contributed by atoms with Crippen molar-refractivity contribution in [1.29, 1.82) is 0 Å². The first-order valence-corrected chi connectivity index (χ1v) is 11.9. The Hall–Kier alpha value is -4.27. The molecular formula is C27H28FN5O3. The van der Waals surface area contributed by atoms with Gasteiger partial charge in [-0.3, -0.25) is 9.78 Å². The number of anilines is 1. The maximum atomic E-state index is 13.5. The number of carbonyl (C=O) groups is 2. The first kappa shape index (κ1) is 24.8. The van der Waals surface area contributed by atoms with Crippen molar-refractivity contribution in [1.82, 2.24) is 20.3 Å². The number of carbonyl (C=O) groups excluding carboxylic acids is 2. The highest BCUT2D eigenvalue weighted by molar-refractivity contribution is 6.03. The molecule has 0 atom stereocenters. The highest BCUT2D eigenvalue weighted by atomic mass is 19.1. The van der Waals surface area contributed by atoms with Crippen LogP contribution in [0, 0.1) is 5.82 Å². The van der Waals surface area contributed by atoms with Crippen LogP contribution in [0.4, 0.5) is 15.0 Å². The van der Waals surface area contributed by atoms with E-state index < -0.39 is 6.09 Å². The molecule has 1 aromatic carbocycles. The number of aromatic amines is 1. The number of nitrogens with zero attached hydrogens (tertiary/aromatic N) is 2. The molecule has 2 amide bonds. The second kappa shape index (κ2) is 11.9. The second-order valence-electron chi connectivity index (χ2n) is 8.28. The Bertz CT molecular complexity index is 1320. The molecule has 3 aromatic heterocycles. The van der Waals surface area contributed by atoms with Gasteiger partial charge in [0.15, 0.2) is 0 Å². The number of fused-ring (bicyclic) bond motifs is 1. The minimum atomic E-state index is -0.468. The summed E-state index contributed by atoms with van der Waals surface area (Å²) in [6.07, 6.45) is 5.43. The third kappa shape index (κ3) is 6.24. The predicted octanol–water partition coefficient (Wildman–Crippen LogP) is 5.68. The summed E-state index contributed by atoms with van der Waals surface area (Å²) >= 11 is 0. The molecule has 9 heteroatoms. The van der Waals surface area contributed by atoms with E-state index in [0.29, 0.717) is 31.0 Å². The summed E-state index contributed by atoms with van der Waals surface area (Å²) in [4.78, 5) is 36.0.